The molecule has 0 atom stereocenters. The van der Waals surface area contributed by atoms with Crippen LogP contribution in [0.4, 0.5) is 11.6 Å². The summed E-state index contributed by atoms with van der Waals surface area (Å²) in [7, 11) is 0. The molecule has 1 aliphatic rings. The lowest BCUT2D eigenvalue weighted by atomic mass is 10.1. The number of hydrogen-bond donors (Lipinski definition) is 7. The van der Waals surface area contributed by atoms with Crippen LogP contribution in [0.15, 0.2) is 190 Å². The standard InChI is InChI=1S/2C19H18ClN3O4.C13H12ClN3O3.C13H14ClN3O.C9H14O4.C8H10ClN.C4H3N3O4/c2*1-2-27-19(26)14-11-21-17-10-15(22-23(17)18(14)25)16(24)5-3-4-12-6-8-13(20)9-7-12;14-10-6-4-9(5-7-10)2-1-3-12(18)11-8-13(16-15-11)17(19)20;14-10-6-4-9(5-7-10)2-1-3-12(18)11-8-13(15)17-16-11;1-4-12-6-8(7(3)10)9(11)13-5-2;9-8-3-1-7(2-4-8)5-6-10;8-4(9)2-1-3(6-5-2)7(10)11/h2*6-11,22H,2-5H2,1H3;4-8H,1-3H2,(H,15,16);4-8H,1-3H2,(H3,15,16,17);6H,4-5H2,1-3H3;1-4H,5-6,10H2;1H2,(H,8,9)/b;;;;8-6-;;. The smallest absolute Gasteiger partial charge is 0.372 e. The molecule has 0 bridgehead atoms. The van der Waals surface area contributed by atoms with Crippen molar-refractivity contribution in [1.82, 2.24) is 49.6 Å². The second-order valence-electron chi connectivity index (χ2n) is 26.6. The number of nitrogens with zero attached hydrogens (tertiary/aromatic N) is 10. The number of aryl methyl sites for hydroxylation is 4. The minimum absolute atomic E-state index is 0.0353. The van der Waals surface area contributed by atoms with Gasteiger partial charge in [0.15, 0.2) is 51.6 Å². The van der Waals surface area contributed by atoms with Crippen LogP contribution in [-0.2, 0) is 65.4 Å². The number of esters is 3. The quantitative estimate of drug-likeness (QED) is 0.00231. The summed E-state index contributed by atoms with van der Waals surface area (Å²) in [6.07, 6.45) is 11.3. The van der Waals surface area contributed by atoms with Crippen molar-refractivity contribution in [2.75, 3.05) is 38.7 Å². The molecule has 1 aliphatic heterocycles. The highest BCUT2D eigenvalue weighted by molar-refractivity contribution is 6.40. The topological polar surface area (TPSA) is 531 Å². The SMILES string of the molecule is CCO/C=C(/C(C)=O)C(=O)OCC.CCOC(=O)c1cnc2cc(C(=O)CCCc3ccc(Cl)cc3)[nH]n2c1=O.CCOC(=O)c1cnc2cc(C(=O)CCCc3ccc(Cl)cc3)[nH]n2c1=O.NCCc1ccc(Cl)cc1.Nc1cc(C(=O)CCCc2ccc(Cl)cc2)[nH]n1.O=C(CCCc1ccc(Cl)cc1)c1cc([N+](=O)[O-])[nH]n1.O=C(O)C1=NN=C([N+](=O)[O-])C1. The van der Waals surface area contributed by atoms with Crippen LogP contribution in [0.25, 0.3) is 11.3 Å². The van der Waals surface area contributed by atoms with Gasteiger partial charge in [0.05, 0.1) is 37.6 Å². The summed E-state index contributed by atoms with van der Waals surface area (Å²) in [5.74, 6) is -4.54. The van der Waals surface area contributed by atoms with Crippen LogP contribution >= 0.6 is 58.0 Å². The molecule has 36 nitrogen and oxygen atoms in total. The molecule has 126 heavy (non-hydrogen) atoms. The molecular weight excluding hydrogens is 1740 g/mol. The van der Waals surface area contributed by atoms with Crippen LogP contribution in [0.5, 0.6) is 0 Å². The van der Waals surface area contributed by atoms with Gasteiger partial charge in [-0.15, -0.1) is 5.10 Å². The highest BCUT2D eigenvalue weighted by Crippen LogP contribution is 2.20. The molecule has 0 fully saturated rings. The fraction of sp³-hybridized carbons (Fsp3) is 0.282. The fourth-order valence-electron chi connectivity index (χ4n) is 10.9. The molecular formula is C85H89Cl5N16O20. The Morgan fingerprint density at radius 1 is 0.500 bits per heavy atom. The molecule has 0 amide bonds. The maximum absolute atomic E-state index is 12.4. The molecule has 6 aromatic heterocycles. The average molecular weight is 1830 g/mol. The van der Waals surface area contributed by atoms with E-state index in [1.807, 2.05) is 109 Å². The molecule has 12 rings (SSSR count). The maximum atomic E-state index is 12.4. The highest BCUT2D eigenvalue weighted by atomic mass is 35.5. The number of ether oxygens (including phenoxy) is 4. The third-order valence-electron chi connectivity index (χ3n) is 17.3. The minimum Gasteiger partial charge on any atom is -0.500 e. The minimum atomic E-state index is -1.27. The van der Waals surface area contributed by atoms with E-state index in [0.717, 1.165) is 99.0 Å². The van der Waals surface area contributed by atoms with Gasteiger partial charge in [-0.1, -0.05) is 124 Å². The molecule has 0 unspecified atom stereocenters. The molecule has 0 spiro atoms. The zero-order chi connectivity index (χ0) is 92.4. The number of carboxylic acid groups (broad SMARTS) is 1. The van der Waals surface area contributed by atoms with Crippen molar-refractivity contribution in [3.05, 3.63) is 298 Å². The molecule has 5 aromatic carbocycles. The average Bonchev–Trinajstić information content (AvgIpc) is 1.64. The van der Waals surface area contributed by atoms with Gasteiger partial charge >= 0.3 is 35.5 Å². The van der Waals surface area contributed by atoms with Crippen LogP contribution in [0.1, 0.15) is 183 Å². The number of H-pyrrole nitrogens is 4. The predicted molar refractivity (Wildman–Crippen MR) is 472 cm³/mol. The monoisotopic (exact) mass is 1830 g/mol. The van der Waals surface area contributed by atoms with Crippen LogP contribution in [0.2, 0.25) is 25.1 Å². The summed E-state index contributed by atoms with van der Waals surface area (Å²) >= 11 is 29.0. The van der Waals surface area contributed by atoms with Gasteiger partial charge in [0.2, 0.25) is 0 Å². The molecule has 0 saturated heterocycles. The van der Waals surface area contributed by atoms with Crippen LogP contribution in [0.3, 0.4) is 0 Å². The number of aromatic nitrogens is 10. The first-order valence-electron chi connectivity index (χ1n) is 38.9. The number of nitrogens with two attached hydrogens (primary N) is 2. The van der Waals surface area contributed by atoms with Crippen LogP contribution in [0, 0.1) is 20.2 Å². The molecule has 9 N–H and O–H groups in total. The number of carbonyl (C=O) groups excluding carboxylic acids is 8. The summed E-state index contributed by atoms with van der Waals surface area (Å²) in [6.45, 7) is 9.70. The number of halogens is 5. The van der Waals surface area contributed by atoms with E-state index in [9.17, 15) is 73.0 Å². The number of carbonyl (C=O) groups is 9. The molecule has 0 aliphatic carbocycles. The van der Waals surface area contributed by atoms with Crippen molar-refractivity contribution in [2.24, 2.45) is 15.9 Å². The largest absolute Gasteiger partial charge is 0.500 e. The van der Waals surface area contributed by atoms with Gasteiger partial charge in [0.25, 0.3) is 11.1 Å². The second-order valence-corrected chi connectivity index (χ2v) is 28.7. The number of anilines is 1. The van der Waals surface area contributed by atoms with Gasteiger partial charge < -0.3 is 55.7 Å². The zero-order valence-electron chi connectivity index (χ0n) is 68.7. The Morgan fingerprint density at radius 2 is 0.881 bits per heavy atom. The number of amidine groups is 1. The zero-order valence-corrected chi connectivity index (χ0v) is 72.5. The van der Waals surface area contributed by atoms with E-state index in [1.165, 1.54) is 30.2 Å². The Hall–Kier alpha value is -13.5. The van der Waals surface area contributed by atoms with Gasteiger partial charge in [0.1, 0.15) is 52.3 Å². The number of nitro groups is 2. The van der Waals surface area contributed by atoms with E-state index in [2.05, 4.69) is 55.5 Å². The predicted octanol–water partition coefficient (Wildman–Crippen LogP) is 14.6. The summed E-state index contributed by atoms with van der Waals surface area (Å²) in [5.41, 5.74) is 16.3. The normalized spacial score (nSPS) is 11.1. The van der Waals surface area contributed by atoms with E-state index in [-0.39, 0.29) is 112 Å². The second kappa shape index (κ2) is 52.8. The van der Waals surface area contributed by atoms with Gasteiger partial charge in [-0.3, -0.25) is 48.9 Å². The number of ketones is 5. The maximum Gasteiger partial charge on any atom is 0.372 e. The summed E-state index contributed by atoms with van der Waals surface area (Å²) in [6, 6.07) is 43.5. The van der Waals surface area contributed by atoms with Gasteiger partial charge in [-0.25, -0.2) is 38.2 Å². The van der Waals surface area contributed by atoms with E-state index in [0.29, 0.717) is 84.7 Å². The van der Waals surface area contributed by atoms with Crippen LogP contribution < -0.4 is 22.6 Å². The number of aromatic amines is 4. The Bertz CT molecular complexity index is 5590. The van der Waals surface area contributed by atoms with E-state index in [1.54, 1.807) is 45.9 Å². The number of Topliss-reactive ketones (excluding diaryl/α,β-unsaturated/α-hetero) is 5. The Labute approximate surface area is 744 Å². The number of nitrogen functional groups attached to an aromatic ring is 1. The lowest BCUT2D eigenvalue weighted by molar-refractivity contribution is -0.389. The summed E-state index contributed by atoms with van der Waals surface area (Å²) in [5, 5.41) is 56.1. The van der Waals surface area contributed by atoms with Crippen molar-refractivity contribution in [3.8, 4) is 0 Å². The van der Waals surface area contributed by atoms with Crippen molar-refractivity contribution in [3.63, 3.8) is 0 Å². The number of rotatable bonds is 33. The number of nitrogens with one attached hydrogen (secondary N) is 4. The first-order chi connectivity index (χ1) is 60.3. The number of aliphatic carboxylic acids is 1. The van der Waals surface area contributed by atoms with E-state index < -0.39 is 50.7 Å². The third kappa shape index (κ3) is 34.0. The molecule has 0 saturated carbocycles. The lowest BCUT2D eigenvalue weighted by Crippen LogP contribution is -2.24. The summed E-state index contributed by atoms with van der Waals surface area (Å²) < 4.78 is 21.3. The van der Waals surface area contributed by atoms with E-state index >= 15 is 0 Å². The third-order valence-corrected chi connectivity index (χ3v) is 18.6. The van der Waals surface area contributed by atoms with Gasteiger partial charge in [-0.05, 0) is 202 Å². The van der Waals surface area contributed by atoms with Crippen molar-refractivity contribution in [2.45, 2.75) is 125 Å². The van der Waals surface area contributed by atoms with Gasteiger partial charge in [-0.2, -0.15) is 5.10 Å². The van der Waals surface area contributed by atoms with Crippen molar-refractivity contribution < 1.29 is 77.1 Å². The van der Waals surface area contributed by atoms with Crippen LogP contribution in [-0.4, -0.2) is 162 Å². The number of carboxylic acids is 1. The number of benzene rings is 5. The number of hydrogen-bond acceptors (Lipinski definition) is 27. The fourth-order valence-corrected chi connectivity index (χ4v) is 11.5. The molecule has 0 radical (unpaired) electrons. The van der Waals surface area contributed by atoms with E-state index in [4.69, 9.17) is 88.8 Å². The molecule has 41 heteroatoms. The number of fused-ring (bicyclic) bond motifs is 2. The Morgan fingerprint density at radius 3 is 1.19 bits per heavy atom. The van der Waals surface area contributed by atoms with Crippen molar-refractivity contribution in [1.29, 1.82) is 0 Å². The molecule has 664 valence electrons. The molecule has 11 aromatic rings. The molecule has 7 heterocycles. The first-order valence-corrected chi connectivity index (χ1v) is 40.8. The highest BCUT2D eigenvalue weighted by Gasteiger charge is 2.28. The first kappa shape index (κ1) is 101. The Kier molecular flexibility index (Phi) is 42.5. The Balaban J connectivity index is 0.000000234. The van der Waals surface area contributed by atoms with Gasteiger partial charge in [0, 0.05) is 81.4 Å². The summed E-state index contributed by atoms with van der Waals surface area (Å²) in [4.78, 5) is 156. The lowest BCUT2D eigenvalue weighted by Gasteiger charge is -2.03. The van der Waals surface area contributed by atoms with Crippen molar-refractivity contribution >= 4 is 145 Å².